The Bertz CT molecular complexity index is 766. The number of aryl methyl sites for hydroxylation is 1. The van der Waals surface area contributed by atoms with Crippen LogP contribution in [0.25, 0.3) is 6.08 Å². The predicted molar refractivity (Wildman–Crippen MR) is 102 cm³/mol. The molecule has 2 heterocycles. The zero-order chi connectivity index (χ0) is 23.1. The van der Waals surface area contributed by atoms with Gasteiger partial charge in [-0.05, 0) is 63.6 Å². The maximum Gasteiger partial charge on any atom is 0.430 e. The van der Waals surface area contributed by atoms with Crippen molar-refractivity contribution in [3.8, 4) is 5.75 Å². The normalized spacial score (nSPS) is 18.1. The van der Waals surface area contributed by atoms with Crippen molar-refractivity contribution in [1.29, 1.82) is 0 Å². The lowest BCUT2D eigenvalue weighted by Crippen LogP contribution is -2.42. The number of carbonyl (C=O) groups is 1. The van der Waals surface area contributed by atoms with Crippen molar-refractivity contribution in [2.45, 2.75) is 45.8 Å². The van der Waals surface area contributed by atoms with E-state index in [1.165, 1.54) is 32.5 Å². The molecule has 0 aromatic heterocycles. The Balaban J connectivity index is 0.000000653. The molecule has 0 bridgehead atoms. The maximum absolute atomic E-state index is 13.3. The first-order valence-corrected chi connectivity index (χ1v) is 9.27. The number of fused-ring (bicyclic) bond motifs is 1. The van der Waals surface area contributed by atoms with Gasteiger partial charge < -0.3 is 14.8 Å². The highest BCUT2D eigenvalue weighted by Crippen LogP contribution is 2.41. The number of alkyl halides is 3. The molecular formula is C18H26ClF3N3O5+. The third-order valence-electron chi connectivity index (χ3n) is 4.22. The number of nitrogens with two attached hydrogens (primary N) is 1. The first kappa shape index (κ1) is 26.1. The van der Waals surface area contributed by atoms with E-state index in [0.717, 1.165) is 6.08 Å². The highest BCUT2D eigenvalue weighted by atomic mass is 35.5. The Morgan fingerprint density at radius 1 is 1.40 bits per heavy atom. The molecule has 0 spiro atoms. The Labute approximate surface area is 176 Å². The number of hydrogen-bond donors (Lipinski definition) is 4. The topological polar surface area (TPSA) is 131 Å². The molecule has 7 N–H and O–H groups in total. The van der Waals surface area contributed by atoms with Crippen molar-refractivity contribution < 1.29 is 43.4 Å². The summed E-state index contributed by atoms with van der Waals surface area (Å²) in [6.07, 6.45) is -6.01. The predicted octanol–water partition coefficient (Wildman–Crippen LogP) is 2.04. The number of carbonyl (C=O) groups excluding carboxylic acids is 1. The van der Waals surface area contributed by atoms with Gasteiger partial charge in [-0.3, -0.25) is 4.84 Å². The third kappa shape index (κ3) is 6.56. The van der Waals surface area contributed by atoms with Gasteiger partial charge in [0.1, 0.15) is 5.75 Å². The number of rotatable bonds is 3. The summed E-state index contributed by atoms with van der Waals surface area (Å²) in [6, 6.07) is 1.40. The summed E-state index contributed by atoms with van der Waals surface area (Å²) in [5.41, 5.74) is 0.653. The van der Waals surface area contributed by atoms with Gasteiger partial charge in [-0.15, -0.1) is 0 Å². The van der Waals surface area contributed by atoms with Crippen LogP contribution in [0.2, 0.25) is 5.02 Å². The van der Waals surface area contributed by atoms with Gasteiger partial charge in [0.2, 0.25) is 12.4 Å². The molecule has 170 valence electrons. The van der Waals surface area contributed by atoms with Gasteiger partial charge in [0.25, 0.3) is 0 Å². The fourth-order valence-electron chi connectivity index (χ4n) is 2.47. The standard InChI is InChI=1S/C15H15ClF3NO4.C3H7N.H4NO/c1-6-4-11-9(7(2)12(6)16)5-10(13(23-11)15(17,18)19)14(21)22-8(3)24-20;1-2-4-3-1;1-2/h4-5,8,13H,20H2,1-3H3;4H,1-3H2;2H,1H3/q;;+1. The van der Waals surface area contributed by atoms with Gasteiger partial charge in [-0.1, -0.05) is 11.6 Å². The largest absolute Gasteiger partial charge is 0.475 e. The smallest absolute Gasteiger partial charge is 0.430 e. The minimum Gasteiger partial charge on any atom is -0.475 e. The summed E-state index contributed by atoms with van der Waals surface area (Å²) in [4.78, 5) is 16.3. The highest BCUT2D eigenvalue weighted by Gasteiger charge is 2.49. The second-order valence-corrected chi connectivity index (χ2v) is 6.77. The molecule has 0 aliphatic carbocycles. The minimum absolute atomic E-state index is 0.00333. The van der Waals surface area contributed by atoms with Crippen molar-refractivity contribution in [2.24, 2.45) is 5.90 Å². The van der Waals surface area contributed by atoms with Crippen molar-refractivity contribution in [3.63, 3.8) is 0 Å². The minimum atomic E-state index is -4.81. The van der Waals surface area contributed by atoms with E-state index in [2.05, 4.69) is 16.1 Å². The Morgan fingerprint density at radius 2 is 1.93 bits per heavy atom. The molecule has 1 saturated heterocycles. The first-order chi connectivity index (χ1) is 14.1. The summed E-state index contributed by atoms with van der Waals surface area (Å²) in [5.74, 6) is 5.85. The average molecular weight is 457 g/mol. The van der Waals surface area contributed by atoms with Crippen LogP contribution in [-0.4, -0.2) is 42.8 Å². The summed E-state index contributed by atoms with van der Waals surface area (Å²) in [6.45, 7) is 7.04. The van der Waals surface area contributed by atoms with Crippen molar-refractivity contribution >= 4 is 23.6 Å². The fourth-order valence-corrected chi connectivity index (χ4v) is 2.62. The molecule has 1 aromatic carbocycles. The molecule has 3 rings (SSSR count). The van der Waals surface area contributed by atoms with Crippen molar-refractivity contribution in [3.05, 3.63) is 33.4 Å². The lowest BCUT2D eigenvalue weighted by atomic mass is 9.96. The van der Waals surface area contributed by atoms with Crippen LogP contribution in [0.1, 0.15) is 30.0 Å². The van der Waals surface area contributed by atoms with Crippen LogP contribution in [0, 0.1) is 13.8 Å². The molecule has 12 heteroatoms. The Morgan fingerprint density at radius 3 is 2.37 bits per heavy atom. The fraction of sp³-hybridized carbons (Fsp3) is 0.500. The van der Waals surface area contributed by atoms with E-state index < -0.39 is 30.1 Å². The van der Waals surface area contributed by atoms with E-state index in [0.29, 0.717) is 21.7 Å². The van der Waals surface area contributed by atoms with Crippen LogP contribution in [0.3, 0.4) is 0 Å². The summed E-state index contributed by atoms with van der Waals surface area (Å²) in [7, 11) is 0. The number of halogens is 4. The van der Waals surface area contributed by atoms with Crippen LogP contribution in [0.5, 0.6) is 5.75 Å². The average Bonchev–Trinajstić information content (AvgIpc) is 2.64. The third-order valence-corrected chi connectivity index (χ3v) is 4.81. The van der Waals surface area contributed by atoms with E-state index in [9.17, 15) is 18.0 Å². The molecule has 0 amide bonds. The van der Waals surface area contributed by atoms with Gasteiger partial charge in [0.15, 0.2) is 0 Å². The van der Waals surface area contributed by atoms with E-state index in [1.807, 2.05) is 0 Å². The molecule has 30 heavy (non-hydrogen) atoms. The van der Waals surface area contributed by atoms with Gasteiger partial charge in [-0.2, -0.15) is 13.2 Å². The lowest BCUT2D eigenvalue weighted by Gasteiger charge is -2.29. The van der Waals surface area contributed by atoms with Crippen molar-refractivity contribution in [2.75, 3.05) is 13.1 Å². The molecule has 0 radical (unpaired) electrons. The molecular weight excluding hydrogens is 431 g/mol. The number of benzene rings is 1. The number of ether oxygens (including phenoxy) is 2. The van der Waals surface area contributed by atoms with E-state index in [1.54, 1.807) is 13.8 Å². The van der Waals surface area contributed by atoms with E-state index in [-0.39, 0.29) is 5.75 Å². The number of hydrogen-bond acceptors (Lipinski definition) is 7. The second-order valence-electron chi connectivity index (χ2n) is 6.40. The van der Waals surface area contributed by atoms with Gasteiger partial charge in [0, 0.05) is 10.6 Å². The lowest BCUT2D eigenvalue weighted by molar-refractivity contribution is -0.670. The highest BCUT2D eigenvalue weighted by molar-refractivity contribution is 6.32. The molecule has 0 saturated carbocycles. The van der Waals surface area contributed by atoms with E-state index in [4.69, 9.17) is 32.2 Å². The molecule has 1 aromatic rings. The zero-order valence-electron chi connectivity index (χ0n) is 16.8. The molecule has 8 nitrogen and oxygen atoms in total. The van der Waals surface area contributed by atoms with Crippen LogP contribution in [-0.2, 0) is 14.4 Å². The van der Waals surface area contributed by atoms with Crippen LogP contribution in [0.15, 0.2) is 11.6 Å². The molecule has 2 atom stereocenters. The zero-order valence-corrected chi connectivity index (χ0v) is 17.6. The summed E-state index contributed by atoms with van der Waals surface area (Å²) in [5, 5.41) is 10.2. The van der Waals surface area contributed by atoms with Crippen LogP contribution in [0.4, 0.5) is 13.2 Å². The Kier molecular flexibility index (Phi) is 10.0. The van der Waals surface area contributed by atoms with Crippen LogP contribution < -0.4 is 21.8 Å². The molecule has 2 unspecified atom stereocenters. The second kappa shape index (κ2) is 11.5. The Hall–Kier alpha value is -1.89. The van der Waals surface area contributed by atoms with Gasteiger partial charge in [-0.25, -0.2) is 21.8 Å². The maximum atomic E-state index is 13.3. The summed E-state index contributed by atoms with van der Waals surface area (Å²) < 4.78 is 49.6. The summed E-state index contributed by atoms with van der Waals surface area (Å²) >= 11 is 6.12. The molecule has 2 aliphatic rings. The van der Waals surface area contributed by atoms with Gasteiger partial charge >= 0.3 is 12.1 Å². The number of esters is 1. The van der Waals surface area contributed by atoms with Crippen molar-refractivity contribution in [1.82, 2.24) is 5.32 Å². The van der Waals surface area contributed by atoms with Crippen LogP contribution >= 0.6 is 11.6 Å². The number of quaternary nitrogens is 1. The quantitative estimate of drug-likeness (QED) is 0.311. The first-order valence-electron chi connectivity index (χ1n) is 8.89. The monoisotopic (exact) mass is 456 g/mol. The molecule has 1 fully saturated rings. The van der Waals surface area contributed by atoms with E-state index >= 15 is 0 Å². The SMILES string of the molecule is C1CNC1.Cc1cc2c(c(C)c1Cl)C=C(C(=O)OC(C)ON)C(C(F)(F)F)O2.[NH3+]O. The number of nitrogens with one attached hydrogen (secondary N) is 1. The van der Waals surface area contributed by atoms with Gasteiger partial charge in [0.05, 0.1) is 5.57 Å². The molecule has 2 aliphatic heterocycles.